The first kappa shape index (κ1) is 34.9. The summed E-state index contributed by atoms with van der Waals surface area (Å²) in [6, 6.07) is 22.5. The molecule has 6 unspecified atom stereocenters. The lowest BCUT2D eigenvalue weighted by atomic mass is 9.49. The van der Waals surface area contributed by atoms with Crippen molar-refractivity contribution < 1.29 is 44.0 Å². The molecule has 3 fully saturated rings. The number of carboxylic acid groups (broad SMARTS) is 1. The number of allylic oxidation sites excluding steroid dienone is 2. The van der Waals surface area contributed by atoms with Crippen LogP contribution in [0.1, 0.15) is 40.2 Å². The predicted octanol–water partition coefficient (Wildman–Crippen LogP) is 6.43. The standard InChI is InChI=1S/C40H30ClIN2O9/c1-53-31-15-19(14-29(42)34(31)46)33-24-12-13-26-32(37(49)43(35(26)47)23-10-11-25(38(50)51)30(45)17-23)27(24)18-28-36(48)44(22-9-5-8-21(41)16-22)39(52)40(28,33)20-6-3-2-4-7-20/h2-12,14-17,26-28,32-33,45-46H,13,18H2,1H3,(H,50,51). The quantitative estimate of drug-likeness (QED) is 0.113. The maximum Gasteiger partial charge on any atom is 0.339 e. The number of aromatic hydroxyl groups is 2. The lowest BCUT2D eigenvalue weighted by Gasteiger charge is -2.50. The van der Waals surface area contributed by atoms with E-state index in [2.05, 4.69) is 0 Å². The molecule has 1 saturated carbocycles. The number of nitrogens with zero attached hydrogens (tertiary/aromatic N) is 2. The van der Waals surface area contributed by atoms with E-state index in [0.29, 0.717) is 31.0 Å². The Morgan fingerprint density at radius 3 is 2.28 bits per heavy atom. The molecule has 53 heavy (non-hydrogen) atoms. The summed E-state index contributed by atoms with van der Waals surface area (Å²) >= 11 is 8.37. The van der Waals surface area contributed by atoms with E-state index >= 15 is 4.79 Å². The molecule has 3 N–H and O–H groups in total. The average molecular weight is 845 g/mol. The zero-order valence-corrected chi connectivity index (χ0v) is 30.8. The lowest BCUT2D eigenvalue weighted by Crippen LogP contribution is -2.53. The minimum atomic E-state index is -1.52. The van der Waals surface area contributed by atoms with Gasteiger partial charge in [-0.2, -0.15) is 0 Å². The van der Waals surface area contributed by atoms with Crippen LogP contribution in [-0.4, -0.2) is 52.0 Å². The van der Waals surface area contributed by atoms with Gasteiger partial charge in [0, 0.05) is 17.0 Å². The first-order valence-corrected chi connectivity index (χ1v) is 18.3. The normalized spacial score (nSPS) is 26.2. The summed E-state index contributed by atoms with van der Waals surface area (Å²) in [4.78, 5) is 72.7. The summed E-state index contributed by atoms with van der Waals surface area (Å²) in [7, 11) is 1.42. The maximum absolute atomic E-state index is 15.4. The third-order valence-corrected chi connectivity index (χ3v) is 12.3. The Morgan fingerprint density at radius 2 is 1.60 bits per heavy atom. The van der Waals surface area contributed by atoms with Crippen LogP contribution in [0, 0.1) is 27.2 Å². The highest BCUT2D eigenvalue weighted by atomic mass is 127. The molecule has 0 bridgehead atoms. The zero-order chi connectivity index (χ0) is 37.5. The second-order valence-electron chi connectivity index (χ2n) is 13.7. The third-order valence-electron chi connectivity index (χ3n) is 11.2. The number of carboxylic acids is 1. The number of halogens is 2. The molecule has 11 nitrogen and oxygen atoms in total. The highest BCUT2D eigenvalue weighted by Crippen LogP contribution is 2.65. The number of methoxy groups -OCH3 is 1. The molecule has 4 aliphatic rings. The van der Waals surface area contributed by atoms with Gasteiger partial charge in [-0.1, -0.05) is 59.6 Å². The number of hydrogen-bond donors (Lipinski definition) is 3. The monoisotopic (exact) mass is 844 g/mol. The largest absolute Gasteiger partial charge is 0.507 e. The summed E-state index contributed by atoms with van der Waals surface area (Å²) in [6.45, 7) is 0. The molecule has 2 heterocycles. The minimum Gasteiger partial charge on any atom is -0.507 e. The fraction of sp³-hybridized carbons (Fsp3) is 0.225. The molecule has 6 atom stereocenters. The highest BCUT2D eigenvalue weighted by molar-refractivity contribution is 14.1. The Kier molecular flexibility index (Phi) is 8.37. The van der Waals surface area contributed by atoms with Crippen LogP contribution in [0.3, 0.4) is 0 Å². The Balaban J connectivity index is 1.35. The Bertz CT molecular complexity index is 2310. The molecule has 2 saturated heterocycles. The van der Waals surface area contributed by atoms with Crippen molar-refractivity contribution in [2.24, 2.45) is 23.7 Å². The van der Waals surface area contributed by atoms with Gasteiger partial charge in [0.1, 0.15) is 11.3 Å². The maximum atomic E-state index is 15.4. The number of phenols is 2. The summed E-state index contributed by atoms with van der Waals surface area (Å²) in [5.41, 5.74) is 0.290. The average Bonchev–Trinajstić information content (AvgIpc) is 3.53. The van der Waals surface area contributed by atoms with E-state index in [4.69, 9.17) is 16.3 Å². The third kappa shape index (κ3) is 5.02. The highest BCUT2D eigenvalue weighted by Gasteiger charge is 2.70. The van der Waals surface area contributed by atoms with Crippen molar-refractivity contribution in [3.63, 3.8) is 0 Å². The predicted molar refractivity (Wildman–Crippen MR) is 201 cm³/mol. The van der Waals surface area contributed by atoms with Crippen LogP contribution in [-0.2, 0) is 24.6 Å². The van der Waals surface area contributed by atoms with Gasteiger partial charge in [0.15, 0.2) is 11.5 Å². The van der Waals surface area contributed by atoms with E-state index in [1.807, 2.05) is 46.9 Å². The van der Waals surface area contributed by atoms with Gasteiger partial charge in [0.25, 0.3) is 0 Å². The van der Waals surface area contributed by atoms with E-state index in [1.165, 1.54) is 18.1 Å². The van der Waals surface area contributed by atoms with Gasteiger partial charge in [-0.3, -0.25) is 19.2 Å². The van der Waals surface area contributed by atoms with Crippen LogP contribution < -0.4 is 14.5 Å². The zero-order valence-electron chi connectivity index (χ0n) is 27.9. The molecule has 4 amide bonds. The number of ether oxygens (including phenoxy) is 1. The number of rotatable bonds is 6. The van der Waals surface area contributed by atoms with Crippen molar-refractivity contribution >= 4 is 75.2 Å². The minimum absolute atomic E-state index is 0.0292. The summed E-state index contributed by atoms with van der Waals surface area (Å²) in [5, 5.41) is 31.1. The molecule has 0 aromatic heterocycles. The van der Waals surface area contributed by atoms with Crippen LogP contribution >= 0.6 is 34.2 Å². The fourth-order valence-corrected chi connectivity index (χ4v) is 9.94. The Labute approximate surface area is 321 Å². The number of benzene rings is 4. The Hall–Kier alpha value is -5.21. The van der Waals surface area contributed by atoms with E-state index in [-0.39, 0.29) is 35.6 Å². The van der Waals surface area contributed by atoms with Crippen LogP contribution in [0.25, 0.3) is 0 Å². The number of fused-ring (bicyclic) bond motifs is 4. The van der Waals surface area contributed by atoms with Gasteiger partial charge in [0.2, 0.25) is 23.6 Å². The molecular formula is C40H30ClIN2O9. The van der Waals surface area contributed by atoms with Crippen molar-refractivity contribution in [3.05, 3.63) is 122 Å². The second-order valence-corrected chi connectivity index (χ2v) is 15.3. The number of carbonyl (C=O) groups is 5. The van der Waals surface area contributed by atoms with Crippen LogP contribution in [0.5, 0.6) is 17.2 Å². The van der Waals surface area contributed by atoms with Gasteiger partial charge in [-0.25, -0.2) is 14.6 Å². The fourth-order valence-electron chi connectivity index (χ4n) is 9.13. The van der Waals surface area contributed by atoms with Crippen LogP contribution in [0.2, 0.25) is 5.02 Å². The number of imide groups is 2. The lowest BCUT2D eigenvalue weighted by molar-refractivity contribution is -0.127. The molecule has 0 radical (unpaired) electrons. The van der Waals surface area contributed by atoms with Gasteiger partial charge in [-0.15, -0.1) is 0 Å². The molecule has 4 aromatic rings. The van der Waals surface area contributed by atoms with E-state index in [9.17, 15) is 34.5 Å². The van der Waals surface area contributed by atoms with Crippen molar-refractivity contribution in [2.75, 3.05) is 16.9 Å². The topological polar surface area (TPSA) is 162 Å². The molecule has 4 aromatic carbocycles. The number of amides is 4. The molecule has 0 spiro atoms. The van der Waals surface area contributed by atoms with Crippen LogP contribution in [0.4, 0.5) is 11.4 Å². The van der Waals surface area contributed by atoms with Gasteiger partial charge < -0.3 is 20.1 Å². The smallest absolute Gasteiger partial charge is 0.339 e. The number of phenolic OH excluding ortho intramolecular Hbond substituents is 1. The first-order valence-electron chi connectivity index (χ1n) is 16.8. The Morgan fingerprint density at radius 1 is 0.868 bits per heavy atom. The summed E-state index contributed by atoms with van der Waals surface area (Å²) < 4.78 is 6.02. The van der Waals surface area contributed by atoms with E-state index in [0.717, 1.165) is 17.0 Å². The van der Waals surface area contributed by atoms with Crippen LogP contribution in [0.15, 0.2) is 96.6 Å². The summed E-state index contributed by atoms with van der Waals surface area (Å²) in [5.74, 6) is -8.18. The van der Waals surface area contributed by atoms with E-state index in [1.54, 1.807) is 48.5 Å². The molecule has 13 heteroatoms. The number of carbonyl (C=O) groups excluding carboxylic acids is 4. The first-order chi connectivity index (χ1) is 25.4. The number of aromatic carboxylic acids is 1. The van der Waals surface area contributed by atoms with Gasteiger partial charge in [-0.05, 0) is 94.9 Å². The second kappa shape index (κ2) is 12.7. The van der Waals surface area contributed by atoms with Crippen molar-refractivity contribution in [3.8, 4) is 17.2 Å². The van der Waals surface area contributed by atoms with Gasteiger partial charge in [0.05, 0.1) is 45.2 Å². The molecular weight excluding hydrogens is 815 g/mol. The molecule has 2 aliphatic carbocycles. The van der Waals surface area contributed by atoms with Crippen molar-refractivity contribution in [1.29, 1.82) is 0 Å². The SMILES string of the molecule is COc1cc(C2C3=CCC4C(=O)N(c5ccc(C(=O)O)c(O)c5)C(=O)C4C3CC3C(=O)N(c4cccc(Cl)c4)C(=O)C32c2ccccc2)cc(I)c1O. The van der Waals surface area contributed by atoms with E-state index < -0.39 is 70.4 Å². The summed E-state index contributed by atoms with van der Waals surface area (Å²) in [6.07, 6.45) is 2.11. The number of anilines is 2. The van der Waals surface area contributed by atoms with Crippen molar-refractivity contribution in [1.82, 2.24) is 0 Å². The van der Waals surface area contributed by atoms with Crippen molar-refractivity contribution in [2.45, 2.75) is 24.2 Å². The van der Waals surface area contributed by atoms with Gasteiger partial charge >= 0.3 is 5.97 Å². The molecule has 2 aliphatic heterocycles. The number of hydrogen-bond acceptors (Lipinski definition) is 8. The molecule has 8 rings (SSSR count). The molecule has 268 valence electrons.